The Bertz CT molecular complexity index is 370. The van der Waals surface area contributed by atoms with E-state index in [0.717, 1.165) is 13.0 Å². The lowest BCUT2D eigenvalue weighted by Crippen LogP contribution is -2.34. The molecule has 21 heavy (non-hydrogen) atoms. The molecular formula is C17H28FNO2. The van der Waals surface area contributed by atoms with Crippen molar-refractivity contribution in [2.75, 3.05) is 19.7 Å². The molecule has 0 amide bonds. The van der Waals surface area contributed by atoms with Crippen molar-refractivity contribution in [3.8, 4) is 5.75 Å². The second-order valence-electron chi connectivity index (χ2n) is 5.49. The van der Waals surface area contributed by atoms with Gasteiger partial charge >= 0.3 is 0 Å². The van der Waals surface area contributed by atoms with Crippen molar-refractivity contribution < 1.29 is 14.2 Å². The predicted octanol–water partition coefficient (Wildman–Crippen LogP) is 3.37. The number of nitrogens with one attached hydrogen (secondary N) is 1. The van der Waals surface area contributed by atoms with Crippen LogP contribution in [-0.2, 0) is 0 Å². The summed E-state index contributed by atoms with van der Waals surface area (Å²) in [6.07, 6.45) is 4.33. The molecular weight excluding hydrogens is 269 g/mol. The van der Waals surface area contributed by atoms with E-state index in [2.05, 4.69) is 19.2 Å². The lowest BCUT2D eigenvalue weighted by atomic mass is 9.99. The maximum absolute atomic E-state index is 12.7. The number of ether oxygens (including phenoxy) is 1. The van der Waals surface area contributed by atoms with Gasteiger partial charge in [-0.3, -0.25) is 0 Å². The standard InChI is InChI=1S/C17H28FNO2/c1-3-5-6-14(4-2)11-19-12-16(20)13-21-17-9-7-15(18)8-10-17/h7-10,14,16,19-20H,3-6,11-13H2,1-2H3. The Labute approximate surface area is 127 Å². The van der Waals surface area contributed by atoms with E-state index in [1.165, 1.54) is 31.4 Å². The van der Waals surface area contributed by atoms with Crippen molar-refractivity contribution in [3.05, 3.63) is 30.1 Å². The summed E-state index contributed by atoms with van der Waals surface area (Å²) < 4.78 is 18.1. The van der Waals surface area contributed by atoms with Gasteiger partial charge < -0.3 is 15.2 Å². The van der Waals surface area contributed by atoms with Crippen LogP contribution in [-0.4, -0.2) is 30.9 Å². The topological polar surface area (TPSA) is 41.5 Å². The minimum atomic E-state index is -0.557. The van der Waals surface area contributed by atoms with Gasteiger partial charge in [-0.25, -0.2) is 4.39 Å². The second-order valence-corrected chi connectivity index (χ2v) is 5.49. The molecule has 3 nitrogen and oxygen atoms in total. The van der Waals surface area contributed by atoms with E-state index in [9.17, 15) is 9.50 Å². The molecule has 0 bridgehead atoms. The zero-order chi connectivity index (χ0) is 15.5. The van der Waals surface area contributed by atoms with E-state index in [1.807, 2.05) is 0 Å². The number of hydrogen-bond donors (Lipinski definition) is 2. The molecule has 0 saturated carbocycles. The van der Waals surface area contributed by atoms with Crippen LogP contribution < -0.4 is 10.1 Å². The van der Waals surface area contributed by atoms with Crippen molar-refractivity contribution in [2.24, 2.45) is 5.92 Å². The first-order chi connectivity index (χ1) is 10.2. The molecule has 0 aliphatic carbocycles. The third-order valence-electron chi connectivity index (χ3n) is 3.61. The Morgan fingerprint density at radius 2 is 1.90 bits per heavy atom. The van der Waals surface area contributed by atoms with Crippen LogP contribution >= 0.6 is 0 Å². The fourth-order valence-electron chi connectivity index (χ4n) is 2.18. The normalized spacial score (nSPS) is 13.9. The van der Waals surface area contributed by atoms with Gasteiger partial charge in [0, 0.05) is 6.54 Å². The maximum atomic E-state index is 12.7. The van der Waals surface area contributed by atoms with Crippen LogP contribution in [0.25, 0.3) is 0 Å². The maximum Gasteiger partial charge on any atom is 0.123 e. The smallest absolute Gasteiger partial charge is 0.123 e. The fraction of sp³-hybridized carbons (Fsp3) is 0.647. The molecule has 0 aromatic heterocycles. The molecule has 2 atom stereocenters. The number of benzene rings is 1. The monoisotopic (exact) mass is 297 g/mol. The molecule has 2 unspecified atom stereocenters. The lowest BCUT2D eigenvalue weighted by molar-refractivity contribution is 0.105. The van der Waals surface area contributed by atoms with Gasteiger partial charge in [-0.2, -0.15) is 0 Å². The van der Waals surface area contributed by atoms with Gasteiger partial charge in [0.05, 0.1) is 0 Å². The van der Waals surface area contributed by atoms with Crippen molar-refractivity contribution in [3.63, 3.8) is 0 Å². The summed E-state index contributed by atoms with van der Waals surface area (Å²) >= 11 is 0. The predicted molar refractivity (Wildman–Crippen MR) is 84.1 cm³/mol. The zero-order valence-corrected chi connectivity index (χ0v) is 13.1. The summed E-state index contributed by atoms with van der Waals surface area (Å²) in [5, 5.41) is 13.2. The third-order valence-corrected chi connectivity index (χ3v) is 3.61. The van der Waals surface area contributed by atoms with Gasteiger partial charge in [0.1, 0.15) is 24.3 Å². The SMILES string of the molecule is CCCCC(CC)CNCC(O)COc1ccc(F)cc1. The van der Waals surface area contributed by atoms with Crippen LogP contribution in [0.5, 0.6) is 5.75 Å². The molecule has 2 N–H and O–H groups in total. The molecule has 1 rings (SSSR count). The van der Waals surface area contributed by atoms with Crippen molar-refractivity contribution in [1.82, 2.24) is 5.32 Å². The molecule has 1 aromatic rings. The summed E-state index contributed by atoms with van der Waals surface area (Å²) in [6, 6.07) is 5.82. The minimum Gasteiger partial charge on any atom is -0.491 e. The largest absolute Gasteiger partial charge is 0.491 e. The van der Waals surface area contributed by atoms with Gasteiger partial charge in [-0.05, 0) is 43.1 Å². The Balaban J connectivity index is 2.15. The summed E-state index contributed by atoms with van der Waals surface area (Å²) in [6.45, 7) is 6.07. The molecule has 1 aromatic carbocycles. The third kappa shape index (κ3) is 8.02. The quantitative estimate of drug-likeness (QED) is 0.658. The molecule has 0 aliphatic heterocycles. The molecule has 0 aliphatic rings. The van der Waals surface area contributed by atoms with Crippen molar-refractivity contribution in [1.29, 1.82) is 0 Å². The van der Waals surface area contributed by atoms with Crippen molar-refractivity contribution in [2.45, 2.75) is 45.6 Å². The van der Waals surface area contributed by atoms with Gasteiger partial charge in [-0.15, -0.1) is 0 Å². The number of aliphatic hydroxyl groups is 1. The molecule has 0 saturated heterocycles. The van der Waals surface area contributed by atoms with Crippen LogP contribution in [0, 0.1) is 11.7 Å². The molecule has 0 radical (unpaired) electrons. The first-order valence-electron chi connectivity index (χ1n) is 7.92. The van der Waals surface area contributed by atoms with Crippen LogP contribution in [0.1, 0.15) is 39.5 Å². The zero-order valence-electron chi connectivity index (χ0n) is 13.1. The number of halogens is 1. The van der Waals surface area contributed by atoms with Crippen LogP contribution in [0.15, 0.2) is 24.3 Å². The highest BCUT2D eigenvalue weighted by Gasteiger charge is 2.08. The Morgan fingerprint density at radius 3 is 2.52 bits per heavy atom. The van der Waals surface area contributed by atoms with Gasteiger partial charge in [0.15, 0.2) is 0 Å². The number of unbranched alkanes of at least 4 members (excludes halogenated alkanes) is 1. The van der Waals surface area contributed by atoms with Crippen LogP contribution in [0.2, 0.25) is 0 Å². The summed E-state index contributed by atoms with van der Waals surface area (Å²) in [5.41, 5.74) is 0. The Kier molecular flexibility index (Phi) is 9.02. The molecule has 120 valence electrons. The molecule has 4 heteroatoms. The van der Waals surface area contributed by atoms with E-state index < -0.39 is 6.10 Å². The summed E-state index contributed by atoms with van der Waals surface area (Å²) in [5.74, 6) is 0.960. The second kappa shape index (κ2) is 10.6. The van der Waals surface area contributed by atoms with E-state index >= 15 is 0 Å². The Morgan fingerprint density at radius 1 is 1.19 bits per heavy atom. The highest BCUT2D eigenvalue weighted by molar-refractivity contribution is 5.22. The molecule has 0 heterocycles. The first-order valence-corrected chi connectivity index (χ1v) is 7.92. The summed E-state index contributed by atoms with van der Waals surface area (Å²) in [4.78, 5) is 0. The first kappa shape index (κ1) is 17.9. The highest BCUT2D eigenvalue weighted by Crippen LogP contribution is 2.12. The van der Waals surface area contributed by atoms with Gasteiger partial charge in [-0.1, -0.05) is 33.1 Å². The number of aliphatic hydroxyl groups excluding tert-OH is 1. The Hall–Kier alpha value is -1.13. The van der Waals surface area contributed by atoms with E-state index in [-0.39, 0.29) is 12.4 Å². The summed E-state index contributed by atoms with van der Waals surface area (Å²) in [7, 11) is 0. The van der Waals surface area contributed by atoms with Crippen LogP contribution in [0.3, 0.4) is 0 Å². The fourth-order valence-corrected chi connectivity index (χ4v) is 2.18. The lowest BCUT2D eigenvalue weighted by Gasteiger charge is -2.17. The minimum absolute atomic E-state index is 0.213. The van der Waals surface area contributed by atoms with Gasteiger partial charge in [0.2, 0.25) is 0 Å². The molecule has 0 spiro atoms. The highest BCUT2D eigenvalue weighted by atomic mass is 19.1. The van der Waals surface area contributed by atoms with Gasteiger partial charge in [0.25, 0.3) is 0 Å². The average molecular weight is 297 g/mol. The number of rotatable bonds is 11. The average Bonchev–Trinajstić information content (AvgIpc) is 2.50. The molecule has 0 fully saturated rings. The van der Waals surface area contributed by atoms with E-state index in [1.54, 1.807) is 12.1 Å². The van der Waals surface area contributed by atoms with Crippen molar-refractivity contribution >= 4 is 0 Å². The number of hydrogen-bond acceptors (Lipinski definition) is 3. The van der Waals surface area contributed by atoms with E-state index in [4.69, 9.17) is 4.74 Å². The van der Waals surface area contributed by atoms with Crippen LogP contribution in [0.4, 0.5) is 4.39 Å². The van der Waals surface area contributed by atoms with E-state index in [0.29, 0.717) is 18.2 Å².